The number of guanidine groups is 1. The van der Waals surface area contributed by atoms with Crippen LogP contribution in [0.25, 0.3) is 0 Å². The number of nitrogens with one attached hydrogen (secondary N) is 3. The van der Waals surface area contributed by atoms with Crippen molar-refractivity contribution < 1.29 is 4.79 Å². The predicted molar refractivity (Wildman–Crippen MR) is 128 cm³/mol. The zero-order valence-corrected chi connectivity index (χ0v) is 19.0. The van der Waals surface area contributed by atoms with Crippen LogP contribution in [-0.2, 0) is 17.8 Å². The summed E-state index contributed by atoms with van der Waals surface area (Å²) in [7, 11) is 0. The van der Waals surface area contributed by atoms with Gasteiger partial charge < -0.3 is 16.0 Å². The van der Waals surface area contributed by atoms with Gasteiger partial charge in [-0.25, -0.2) is 4.99 Å². The van der Waals surface area contributed by atoms with Crippen LogP contribution < -0.4 is 16.0 Å². The van der Waals surface area contributed by atoms with Crippen LogP contribution in [0.5, 0.6) is 0 Å². The summed E-state index contributed by atoms with van der Waals surface area (Å²) >= 11 is 0. The van der Waals surface area contributed by atoms with E-state index in [4.69, 9.17) is 0 Å². The van der Waals surface area contributed by atoms with Crippen molar-refractivity contribution in [2.75, 3.05) is 18.4 Å². The number of anilines is 1. The molecule has 0 fully saturated rings. The minimum Gasteiger partial charge on any atom is -0.357 e. The molecule has 0 aliphatic heterocycles. The molecule has 0 bridgehead atoms. The second kappa shape index (κ2) is 14.0. The number of carbonyl (C=O) groups excluding carboxylic acids is 1. The summed E-state index contributed by atoms with van der Waals surface area (Å²) in [6.07, 6.45) is 2.35. The normalized spacial score (nSPS) is 10.7. The average molecular weight is 494 g/mol. The van der Waals surface area contributed by atoms with Crippen molar-refractivity contribution in [1.82, 2.24) is 10.6 Å². The van der Waals surface area contributed by atoms with E-state index in [1.54, 1.807) is 0 Å². The van der Waals surface area contributed by atoms with Gasteiger partial charge in [0.2, 0.25) is 5.91 Å². The van der Waals surface area contributed by atoms with Crippen molar-refractivity contribution in [3.63, 3.8) is 0 Å². The summed E-state index contributed by atoms with van der Waals surface area (Å²) in [6, 6.07) is 18.3. The quantitative estimate of drug-likeness (QED) is 0.276. The van der Waals surface area contributed by atoms with Gasteiger partial charge in [-0.15, -0.1) is 24.0 Å². The number of rotatable bonds is 9. The fourth-order valence-electron chi connectivity index (χ4n) is 2.63. The molecule has 2 rings (SSSR count). The van der Waals surface area contributed by atoms with Crippen molar-refractivity contribution in [2.24, 2.45) is 4.99 Å². The predicted octanol–water partition coefficient (Wildman–Crippen LogP) is 4.34. The van der Waals surface area contributed by atoms with Crippen LogP contribution in [0.2, 0.25) is 0 Å². The minimum atomic E-state index is 0. The Balaban J connectivity index is 0.00000392. The molecule has 1 amide bonds. The molecule has 0 aliphatic carbocycles. The topological polar surface area (TPSA) is 65.5 Å². The number of hydrogen-bond acceptors (Lipinski definition) is 2. The highest BCUT2D eigenvalue weighted by molar-refractivity contribution is 14.0. The van der Waals surface area contributed by atoms with Crippen LogP contribution in [0.3, 0.4) is 0 Å². The first-order chi connectivity index (χ1) is 13.2. The van der Waals surface area contributed by atoms with Gasteiger partial charge in [0.05, 0.1) is 6.54 Å². The molecule has 0 saturated heterocycles. The molecule has 0 spiro atoms. The Kier molecular flexibility index (Phi) is 12.0. The largest absolute Gasteiger partial charge is 0.357 e. The van der Waals surface area contributed by atoms with Crippen molar-refractivity contribution in [3.05, 3.63) is 65.7 Å². The van der Waals surface area contributed by atoms with Gasteiger partial charge in [-0.3, -0.25) is 4.79 Å². The highest BCUT2D eigenvalue weighted by Gasteiger charge is 2.01. The van der Waals surface area contributed by atoms with Crippen molar-refractivity contribution in [1.29, 1.82) is 0 Å². The number of hydrogen-bond donors (Lipinski definition) is 3. The first kappa shape index (κ1) is 23.9. The van der Waals surface area contributed by atoms with Gasteiger partial charge in [0.25, 0.3) is 0 Å². The Morgan fingerprint density at radius 3 is 2.29 bits per heavy atom. The van der Waals surface area contributed by atoms with Crippen LogP contribution >= 0.6 is 24.0 Å². The second-order valence-electron chi connectivity index (χ2n) is 6.35. The van der Waals surface area contributed by atoms with Crippen LogP contribution in [0, 0.1) is 0 Å². The summed E-state index contributed by atoms with van der Waals surface area (Å²) in [5.41, 5.74) is 3.24. The maximum atomic E-state index is 11.6. The molecule has 28 heavy (non-hydrogen) atoms. The number of halogens is 1. The number of carbonyl (C=O) groups is 1. The lowest BCUT2D eigenvalue weighted by Gasteiger charge is -2.11. The standard InChI is InChI=1S/C22H30N4O.HI/c1-3-8-21(27)26-20-13-11-19(12-14-20)17-25-22(23-4-2)24-16-15-18-9-6-5-7-10-18;/h5-7,9-14H,3-4,8,15-17H2,1-2H3,(H,26,27)(H2,23,24,25);1H. The van der Waals surface area contributed by atoms with Gasteiger partial charge in [-0.2, -0.15) is 0 Å². The fraction of sp³-hybridized carbons (Fsp3) is 0.364. The zero-order chi connectivity index (χ0) is 19.3. The maximum Gasteiger partial charge on any atom is 0.224 e. The lowest BCUT2D eigenvalue weighted by atomic mass is 10.1. The van der Waals surface area contributed by atoms with E-state index in [-0.39, 0.29) is 29.9 Å². The first-order valence-electron chi connectivity index (χ1n) is 9.66. The minimum absolute atomic E-state index is 0. The molecule has 0 aromatic heterocycles. The van der Waals surface area contributed by atoms with Gasteiger partial charge in [-0.1, -0.05) is 49.4 Å². The molecule has 6 heteroatoms. The molecule has 0 heterocycles. The molecular formula is C22H31IN4O. The van der Waals surface area contributed by atoms with Gasteiger partial charge in [0.1, 0.15) is 0 Å². The lowest BCUT2D eigenvalue weighted by molar-refractivity contribution is -0.116. The Hall–Kier alpha value is -2.09. The van der Waals surface area contributed by atoms with Crippen LogP contribution in [-0.4, -0.2) is 25.0 Å². The fourth-order valence-corrected chi connectivity index (χ4v) is 2.63. The van der Waals surface area contributed by atoms with Gasteiger partial charge in [0.15, 0.2) is 5.96 Å². The summed E-state index contributed by atoms with van der Waals surface area (Å²) in [6.45, 7) is 6.29. The molecule has 152 valence electrons. The van der Waals surface area contributed by atoms with E-state index < -0.39 is 0 Å². The Bertz CT molecular complexity index is 717. The second-order valence-corrected chi connectivity index (χ2v) is 6.35. The van der Waals surface area contributed by atoms with Gasteiger partial charge >= 0.3 is 0 Å². The third kappa shape index (κ3) is 9.21. The molecular weight excluding hydrogens is 463 g/mol. The SMILES string of the molecule is CCCC(=O)Nc1ccc(CN=C(NCC)NCCc2ccccc2)cc1.I. The summed E-state index contributed by atoms with van der Waals surface area (Å²) in [5.74, 6) is 0.870. The molecule has 3 N–H and O–H groups in total. The van der Waals surface area contributed by atoms with Crippen molar-refractivity contribution in [3.8, 4) is 0 Å². The number of benzene rings is 2. The smallest absolute Gasteiger partial charge is 0.224 e. The zero-order valence-electron chi connectivity index (χ0n) is 16.7. The van der Waals surface area contributed by atoms with E-state index in [1.165, 1.54) is 5.56 Å². The van der Waals surface area contributed by atoms with Gasteiger partial charge in [-0.05, 0) is 43.0 Å². The monoisotopic (exact) mass is 494 g/mol. The van der Waals surface area contributed by atoms with E-state index in [1.807, 2.05) is 37.3 Å². The summed E-state index contributed by atoms with van der Waals surface area (Å²) in [5, 5.41) is 9.54. The Morgan fingerprint density at radius 1 is 0.929 bits per heavy atom. The lowest BCUT2D eigenvalue weighted by Crippen LogP contribution is -2.38. The average Bonchev–Trinajstić information content (AvgIpc) is 2.68. The van der Waals surface area contributed by atoms with E-state index >= 15 is 0 Å². The van der Waals surface area contributed by atoms with Crippen LogP contribution in [0.1, 0.15) is 37.8 Å². The number of amides is 1. The molecule has 0 aliphatic rings. The first-order valence-corrected chi connectivity index (χ1v) is 9.66. The van der Waals surface area contributed by atoms with Crippen LogP contribution in [0.15, 0.2) is 59.6 Å². The third-order valence-corrected chi connectivity index (χ3v) is 4.03. The van der Waals surface area contributed by atoms with Crippen molar-refractivity contribution in [2.45, 2.75) is 39.7 Å². The van der Waals surface area contributed by atoms with E-state index in [0.29, 0.717) is 13.0 Å². The molecule has 0 unspecified atom stereocenters. The summed E-state index contributed by atoms with van der Waals surface area (Å²) < 4.78 is 0. The molecule has 0 atom stereocenters. The number of nitrogens with zero attached hydrogens (tertiary/aromatic N) is 1. The van der Waals surface area contributed by atoms with E-state index in [9.17, 15) is 4.79 Å². The Labute approximate surface area is 185 Å². The van der Waals surface area contributed by atoms with Crippen LogP contribution in [0.4, 0.5) is 5.69 Å². The number of aliphatic imine (C=N–C) groups is 1. The van der Waals surface area contributed by atoms with E-state index in [2.05, 4.69) is 52.1 Å². The van der Waals surface area contributed by atoms with Gasteiger partial charge in [0, 0.05) is 25.2 Å². The molecule has 5 nitrogen and oxygen atoms in total. The molecule has 2 aromatic carbocycles. The highest BCUT2D eigenvalue weighted by atomic mass is 127. The van der Waals surface area contributed by atoms with E-state index in [0.717, 1.165) is 43.1 Å². The molecule has 0 saturated carbocycles. The molecule has 2 aromatic rings. The third-order valence-electron chi connectivity index (χ3n) is 4.03. The maximum absolute atomic E-state index is 11.6. The molecule has 0 radical (unpaired) electrons. The summed E-state index contributed by atoms with van der Waals surface area (Å²) in [4.78, 5) is 16.3. The van der Waals surface area contributed by atoms with Crippen molar-refractivity contribution >= 4 is 41.5 Å². The Morgan fingerprint density at radius 2 is 1.64 bits per heavy atom. The highest BCUT2D eigenvalue weighted by Crippen LogP contribution is 2.11.